The van der Waals surface area contributed by atoms with Gasteiger partial charge in [-0.1, -0.05) is 6.92 Å². The van der Waals surface area contributed by atoms with Crippen LogP contribution < -0.4 is 0 Å². The Hall–Kier alpha value is -0.510. The molecule has 0 spiro atoms. The van der Waals surface area contributed by atoms with Crippen LogP contribution in [0.5, 0.6) is 0 Å². The fraction of sp³-hybridized carbons (Fsp3) is 0.750. The van der Waals surface area contributed by atoms with Crippen LogP contribution in [-0.4, -0.2) is 30.4 Å². The van der Waals surface area contributed by atoms with Gasteiger partial charge in [-0.3, -0.25) is 9.59 Å². The van der Waals surface area contributed by atoms with Crippen molar-refractivity contribution in [2.24, 2.45) is 5.92 Å². The molecular weight excluding hydrogens is 176 g/mol. The van der Waals surface area contributed by atoms with Crippen molar-refractivity contribution in [1.82, 2.24) is 0 Å². The molecular formula is C8H14O3S. The van der Waals surface area contributed by atoms with Gasteiger partial charge in [0.05, 0.1) is 12.9 Å². The van der Waals surface area contributed by atoms with E-state index in [1.165, 1.54) is 18.9 Å². The molecule has 1 atom stereocenters. The minimum atomic E-state index is -0.617. The first-order valence-corrected chi connectivity index (χ1v) is 4.97. The number of carbonyl (C=O) groups excluding carboxylic acids is 2. The predicted molar refractivity (Wildman–Crippen MR) is 49.2 cm³/mol. The van der Waals surface area contributed by atoms with Gasteiger partial charge in [-0.25, -0.2) is 0 Å². The van der Waals surface area contributed by atoms with E-state index in [-0.39, 0.29) is 5.78 Å². The maximum Gasteiger partial charge on any atom is 0.315 e. The van der Waals surface area contributed by atoms with Gasteiger partial charge in [0.2, 0.25) is 0 Å². The molecule has 0 fully saturated rings. The number of rotatable bonds is 5. The quantitative estimate of drug-likeness (QED) is 0.481. The van der Waals surface area contributed by atoms with E-state index in [2.05, 4.69) is 4.74 Å². The summed E-state index contributed by atoms with van der Waals surface area (Å²) in [5.41, 5.74) is 0. The minimum Gasteiger partial charge on any atom is -0.468 e. The molecule has 4 heteroatoms. The van der Waals surface area contributed by atoms with Crippen molar-refractivity contribution in [3.8, 4) is 0 Å². The lowest BCUT2D eigenvalue weighted by atomic mass is 10.1. The molecule has 0 aliphatic carbocycles. The molecule has 0 saturated heterocycles. The number of hydrogen-bond acceptors (Lipinski definition) is 4. The summed E-state index contributed by atoms with van der Waals surface area (Å²) in [7, 11) is 1.29. The van der Waals surface area contributed by atoms with Crippen LogP contribution in [0.15, 0.2) is 0 Å². The zero-order valence-corrected chi connectivity index (χ0v) is 8.44. The number of thioether (sulfide) groups is 1. The third-order valence-electron chi connectivity index (χ3n) is 1.49. The molecule has 70 valence electrons. The van der Waals surface area contributed by atoms with Crippen molar-refractivity contribution in [3.05, 3.63) is 0 Å². The topological polar surface area (TPSA) is 43.4 Å². The van der Waals surface area contributed by atoms with E-state index >= 15 is 0 Å². The molecule has 0 saturated carbocycles. The Morgan fingerprint density at radius 3 is 2.50 bits per heavy atom. The first-order chi connectivity index (χ1) is 5.63. The molecule has 0 aromatic heterocycles. The molecule has 0 bridgehead atoms. The Morgan fingerprint density at radius 1 is 1.50 bits per heavy atom. The van der Waals surface area contributed by atoms with Crippen LogP contribution in [0.25, 0.3) is 0 Å². The lowest BCUT2D eigenvalue weighted by Gasteiger charge is -2.06. The number of ketones is 1. The van der Waals surface area contributed by atoms with Gasteiger partial charge in [0.25, 0.3) is 0 Å². The van der Waals surface area contributed by atoms with E-state index < -0.39 is 11.9 Å². The number of Topliss-reactive ketones (excluding diaryl/α,β-unsaturated/α-hetero) is 1. The van der Waals surface area contributed by atoms with Crippen LogP contribution in [-0.2, 0) is 14.3 Å². The summed E-state index contributed by atoms with van der Waals surface area (Å²) in [5.74, 6) is 0.159. The highest BCUT2D eigenvalue weighted by molar-refractivity contribution is 7.99. The second-order valence-corrected chi connectivity index (χ2v) is 3.62. The third kappa shape index (κ3) is 3.76. The average molecular weight is 190 g/mol. The van der Waals surface area contributed by atoms with Gasteiger partial charge >= 0.3 is 5.97 Å². The first-order valence-electron chi connectivity index (χ1n) is 3.81. The highest BCUT2D eigenvalue weighted by atomic mass is 32.2. The predicted octanol–water partition coefficient (Wildman–Crippen LogP) is 1.12. The molecule has 0 amide bonds. The van der Waals surface area contributed by atoms with Gasteiger partial charge in [0, 0.05) is 0 Å². The lowest BCUT2D eigenvalue weighted by molar-refractivity contribution is -0.147. The Kier molecular flexibility index (Phi) is 5.80. The van der Waals surface area contributed by atoms with E-state index in [0.29, 0.717) is 5.75 Å². The fourth-order valence-electron chi connectivity index (χ4n) is 0.636. The van der Waals surface area contributed by atoms with E-state index in [4.69, 9.17) is 0 Å². The second-order valence-electron chi connectivity index (χ2n) is 2.35. The van der Waals surface area contributed by atoms with Crippen LogP contribution in [0.2, 0.25) is 0 Å². The molecule has 0 rings (SSSR count). The lowest BCUT2D eigenvalue weighted by Crippen LogP contribution is -2.23. The molecule has 0 N–H and O–H groups in total. The molecule has 12 heavy (non-hydrogen) atoms. The van der Waals surface area contributed by atoms with Crippen LogP contribution in [0.1, 0.15) is 13.8 Å². The highest BCUT2D eigenvalue weighted by Gasteiger charge is 2.20. The van der Waals surface area contributed by atoms with Crippen molar-refractivity contribution in [1.29, 1.82) is 0 Å². The summed E-state index contributed by atoms with van der Waals surface area (Å²) in [6.07, 6.45) is 0. The van der Waals surface area contributed by atoms with Gasteiger partial charge in [-0.2, -0.15) is 11.8 Å². The monoisotopic (exact) mass is 190 g/mol. The molecule has 3 nitrogen and oxygen atoms in total. The average Bonchev–Trinajstić information content (AvgIpc) is 2.11. The molecule has 0 aliphatic heterocycles. The number of carbonyl (C=O) groups is 2. The summed E-state index contributed by atoms with van der Waals surface area (Å²) < 4.78 is 4.44. The Balaban J connectivity index is 3.84. The van der Waals surface area contributed by atoms with E-state index in [1.807, 2.05) is 6.92 Å². The summed E-state index contributed by atoms with van der Waals surface area (Å²) >= 11 is 1.52. The van der Waals surface area contributed by atoms with Crippen LogP contribution in [0.4, 0.5) is 0 Å². The van der Waals surface area contributed by atoms with Crippen molar-refractivity contribution in [2.45, 2.75) is 13.8 Å². The molecule has 0 aromatic carbocycles. The van der Waals surface area contributed by atoms with Crippen molar-refractivity contribution < 1.29 is 14.3 Å². The van der Waals surface area contributed by atoms with Crippen molar-refractivity contribution >= 4 is 23.5 Å². The fourth-order valence-corrected chi connectivity index (χ4v) is 1.29. The normalized spacial score (nSPS) is 12.2. The summed E-state index contributed by atoms with van der Waals surface area (Å²) in [6.45, 7) is 3.55. The van der Waals surface area contributed by atoms with Crippen molar-refractivity contribution in [3.63, 3.8) is 0 Å². The van der Waals surface area contributed by atoms with Crippen LogP contribution >= 0.6 is 11.8 Å². The molecule has 0 aliphatic rings. The van der Waals surface area contributed by atoms with Crippen LogP contribution in [0.3, 0.4) is 0 Å². The molecule has 1 unspecified atom stereocenters. The number of hydrogen-bond donors (Lipinski definition) is 0. The Morgan fingerprint density at radius 2 is 2.08 bits per heavy atom. The highest BCUT2D eigenvalue weighted by Crippen LogP contribution is 2.06. The maximum absolute atomic E-state index is 11.2. The molecule has 0 radical (unpaired) electrons. The summed E-state index contributed by atoms with van der Waals surface area (Å²) in [4.78, 5) is 22.0. The van der Waals surface area contributed by atoms with Gasteiger partial charge in [-0.15, -0.1) is 0 Å². The van der Waals surface area contributed by atoms with Gasteiger partial charge in [-0.05, 0) is 12.7 Å². The van der Waals surface area contributed by atoms with E-state index in [9.17, 15) is 9.59 Å². The smallest absolute Gasteiger partial charge is 0.315 e. The SMILES string of the molecule is CCSCC(=O)C(C)C(=O)OC. The summed E-state index contributed by atoms with van der Waals surface area (Å²) in [5, 5.41) is 0. The van der Waals surface area contributed by atoms with Crippen molar-refractivity contribution in [2.75, 3.05) is 18.6 Å². The number of methoxy groups -OCH3 is 1. The minimum absolute atomic E-state index is 0.0614. The zero-order chi connectivity index (χ0) is 9.56. The first kappa shape index (κ1) is 11.5. The van der Waals surface area contributed by atoms with Gasteiger partial charge in [0.15, 0.2) is 5.78 Å². The maximum atomic E-state index is 11.2. The number of ether oxygens (including phenoxy) is 1. The Bertz CT molecular complexity index is 168. The Labute approximate surface area is 76.9 Å². The summed E-state index contributed by atoms with van der Waals surface area (Å²) in [6, 6.07) is 0. The standard InChI is InChI=1S/C8H14O3S/c1-4-12-5-7(9)6(2)8(10)11-3/h6H,4-5H2,1-3H3. The van der Waals surface area contributed by atoms with Gasteiger partial charge < -0.3 is 4.74 Å². The zero-order valence-electron chi connectivity index (χ0n) is 7.62. The van der Waals surface area contributed by atoms with E-state index in [0.717, 1.165) is 5.75 Å². The molecule has 0 aromatic rings. The number of esters is 1. The molecule has 0 heterocycles. The van der Waals surface area contributed by atoms with Crippen LogP contribution in [0, 0.1) is 5.92 Å². The van der Waals surface area contributed by atoms with Gasteiger partial charge in [0.1, 0.15) is 5.92 Å². The largest absolute Gasteiger partial charge is 0.468 e. The van der Waals surface area contributed by atoms with E-state index in [1.54, 1.807) is 6.92 Å². The third-order valence-corrected chi connectivity index (χ3v) is 2.38. The second kappa shape index (κ2) is 6.06.